The smallest absolute Gasteiger partial charge is 0.110 e. The number of nitriles is 1. The lowest BCUT2D eigenvalue weighted by Gasteiger charge is -1.74. The summed E-state index contributed by atoms with van der Waals surface area (Å²) in [6, 6.07) is 5.87. The fraction of sp³-hybridized carbons (Fsp3) is 0. The van der Waals surface area contributed by atoms with Crippen LogP contribution in [-0.2, 0) is 0 Å². The van der Waals surface area contributed by atoms with Crippen LogP contribution in [0.3, 0.4) is 0 Å². The van der Waals surface area contributed by atoms with Crippen LogP contribution in [0.2, 0.25) is 0 Å². The highest BCUT2D eigenvalue weighted by atomic mass is 32.2. The fourth-order valence-corrected chi connectivity index (χ4v) is 2.94. The summed E-state index contributed by atoms with van der Waals surface area (Å²) in [5.74, 6) is 0. The van der Waals surface area contributed by atoms with E-state index < -0.39 is 0 Å². The third-order valence-electron chi connectivity index (χ3n) is 1.34. The summed E-state index contributed by atoms with van der Waals surface area (Å²) in [6.45, 7) is 0. The summed E-state index contributed by atoms with van der Waals surface area (Å²) in [7, 11) is 0. The number of anilines is 1. The molecule has 2 nitrogen and oxygen atoms in total. The first-order valence-electron chi connectivity index (χ1n) is 2.98. The molecule has 2 aromatic rings. The largest absolute Gasteiger partial charge is 0.391 e. The molecule has 11 heavy (non-hydrogen) atoms. The van der Waals surface area contributed by atoms with Gasteiger partial charge in [-0.3, -0.25) is 0 Å². The second-order valence-corrected chi connectivity index (χ2v) is 4.51. The number of thiophene rings is 2. The second kappa shape index (κ2) is 2.22. The summed E-state index contributed by atoms with van der Waals surface area (Å²) in [5.41, 5.74) is 5.57. The number of rotatable bonds is 0. The van der Waals surface area contributed by atoms with Crippen molar-refractivity contribution in [1.82, 2.24) is 0 Å². The Morgan fingerprint density at radius 3 is 2.82 bits per heavy atom. The first kappa shape index (κ1) is 6.65. The standard InChI is InChI=1S/C7H4N2S2/c8-3-5-1-4-2-6(9)11-7(4)10-5/h1-2H,9H2. The zero-order valence-electron chi connectivity index (χ0n) is 5.50. The van der Waals surface area contributed by atoms with Gasteiger partial charge in [0.15, 0.2) is 0 Å². The minimum Gasteiger partial charge on any atom is -0.391 e. The Hall–Kier alpha value is -1.05. The molecular formula is C7H4N2S2. The predicted molar refractivity (Wildman–Crippen MR) is 48.8 cm³/mol. The van der Waals surface area contributed by atoms with Crippen LogP contribution >= 0.6 is 22.7 Å². The Balaban J connectivity index is 2.76. The van der Waals surface area contributed by atoms with E-state index >= 15 is 0 Å². The quantitative estimate of drug-likeness (QED) is 0.676. The van der Waals surface area contributed by atoms with Crippen LogP contribution in [-0.4, -0.2) is 0 Å². The first-order chi connectivity index (χ1) is 5.29. The maximum atomic E-state index is 8.56. The SMILES string of the molecule is N#Cc1cc2cc(N)sc2s1. The van der Waals surface area contributed by atoms with Gasteiger partial charge >= 0.3 is 0 Å². The lowest BCUT2D eigenvalue weighted by atomic mass is 10.4. The number of fused-ring (bicyclic) bond motifs is 1. The van der Waals surface area contributed by atoms with Gasteiger partial charge in [0.1, 0.15) is 10.9 Å². The van der Waals surface area contributed by atoms with Crippen molar-refractivity contribution in [2.45, 2.75) is 0 Å². The monoisotopic (exact) mass is 180 g/mol. The van der Waals surface area contributed by atoms with Crippen molar-refractivity contribution in [3.8, 4) is 6.07 Å². The van der Waals surface area contributed by atoms with Gasteiger partial charge in [0.25, 0.3) is 0 Å². The van der Waals surface area contributed by atoms with E-state index in [1.165, 1.54) is 22.7 Å². The average Bonchev–Trinajstić information content (AvgIpc) is 2.43. The number of hydrogen-bond donors (Lipinski definition) is 1. The minimum absolute atomic E-state index is 0.756. The first-order valence-corrected chi connectivity index (χ1v) is 4.62. The van der Waals surface area contributed by atoms with Crippen molar-refractivity contribution in [2.75, 3.05) is 5.73 Å². The van der Waals surface area contributed by atoms with Crippen LogP contribution in [0.1, 0.15) is 4.88 Å². The highest BCUT2D eigenvalue weighted by Crippen LogP contribution is 2.34. The van der Waals surface area contributed by atoms with Crippen LogP contribution in [0.25, 0.3) is 9.40 Å². The molecule has 0 amide bonds. The molecule has 0 aliphatic rings. The second-order valence-electron chi connectivity index (χ2n) is 2.11. The number of nitrogen functional groups attached to an aromatic ring is 1. The zero-order valence-corrected chi connectivity index (χ0v) is 7.13. The van der Waals surface area contributed by atoms with Gasteiger partial charge in [-0.15, -0.1) is 22.7 Å². The Bertz CT molecular complexity index is 401. The van der Waals surface area contributed by atoms with E-state index in [0.717, 1.165) is 19.3 Å². The molecule has 0 bridgehead atoms. The van der Waals surface area contributed by atoms with Crippen molar-refractivity contribution < 1.29 is 0 Å². The van der Waals surface area contributed by atoms with Crippen LogP contribution in [0, 0.1) is 11.3 Å². The molecule has 0 saturated carbocycles. The van der Waals surface area contributed by atoms with Crippen LogP contribution in [0.15, 0.2) is 12.1 Å². The molecule has 0 atom stereocenters. The van der Waals surface area contributed by atoms with E-state index in [-0.39, 0.29) is 0 Å². The summed E-state index contributed by atoms with van der Waals surface area (Å²) in [4.78, 5) is 0.756. The Kier molecular flexibility index (Phi) is 1.34. The third-order valence-corrected chi connectivity index (χ3v) is 3.47. The van der Waals surface area contributed by atoms with Crippen molar-refractivity contribution in [3.05, 3.63) is 17.0 Å². The normalized spacial score (nSPS) is 10.1. The maximum absolute atomic E-state index is 8.56. The highest BCUT2D eigenvalue weighted by molar-refractivity contribution is 7.40. The number of nitrogens with zero attached hydrogens (tertiary/aromatic N) is 1. The fourth-order valence-electron chi connectivity index (χ4n) is 0.914. The molecule has 2 N–H and O–H groups in total. The van der Waals surface area contributed by atoms with Gasteiger partial charge < -0.3 is 5.73 Å². The Morgan fingerprint density at radius 2 is 2.18 bits per heavy atom. The maximum Gasteiger partial charge on any atom is 0.110 e. The van der Waals surface area contributed by atoms with Gasteiger partial charge in [-0.25, -0.2) is 0 Å². The third kappa shape index (κ3) is 0.985. The Morgan fingerprint density at radius 1 is 1.36 bits per heavy atom. The van der Waals surface area contributed by atoms with E-state index in [1.807, 2.05) is 12.1 Å². The summed E-state index contributed by atoms with van der Waals surface area (Å²) in [5, 5.41) is 10.5. The van der Waals surface area contributed by atoms with Gasteiger partial charge in [0, 0.05) is 5.39 Å². The van der Waals surface area contributed by atoms with Crippen molar-refractivity contribution in [3.63, 3.8) is 0 Å². The molecular weight excluding hydrogens is 176 g/mol. The summed E-state index contributed by atoms with van der Waals surface area (Å²) in [6.07, 6.45) is 0. The molecule has 2 aromatic heterocycles. The van der Waals surface area contributed by atoms with E-state index in [1.54, 1.807) is 0 Å². The molecule has 0 aliphatic carbocycles. The molecule has 0 aromatic carbocycles. The zero-order chi connectivity index (χ0) is 7.84. The topological polar surface area (TPSA) is 49.8 Å². The van der Waals surface area contributed by atoms with E-state index in [2.05, 4.69) is 6.07 Å². The predicted octanol–water partition coefficient (Wildman–Crippen LogP) is 2.42. The van der Waals surface area contributed by atoms with Gasteiger partial charge in [-0.2, -0.15) is 5.26 Å². The molecule has 0 radical (unpaired) electrons. The van der Waals surface area contributed by atoms with Gasteiger partial charge in [-0.1, -0.05) is 0 Å². The molecule has 4 heteroatoms. The molecule has 0 unspecified atom stereocenters. The molecule has 2 rings (SSSR count). The van der Waals surface area contributed by atoms with Crippen LogP contribution < -0.4 is 5.73 Å². The summed E-state index contributed by atoms with van der Waals surface area (Å²) >= 11 is 3.03. The molecule has 0 saturated heterocycles. The minimum atomic E-state index is 0.756. The van der Waals surface area contributed by atoms with Gasteiger partial charge in [-0.05, 0) is 12.1 Å². The van der Waals surface area contributed by atoms with Gasteiger partial charge in [0.05, 0.1) is 9.01 Å². The number of nitrogens with two attached hydrogens (primary N) is 1. The average molecular weight is 180 g/mol. The molecule has 0 fully saturated rings. The van der Waals surface area contributed by atoms with E-state index in [4.69, 9.17) is 11.0 Å². The Labute approximate surface area is 71.5 Å². The lowest BCUT2D eigenvalue weighted by molar-refractivity contribution is 1.52. The van der Waals surface area contributed by atoms with Crippen molar-refractivity contribution >= 4 is 37.1 Å². The van der Waals surface area contributed by atoms with E-state index in [0.29, 0.717) is 0 Å². The van der Waals surface area contributed by atoms with Gasteiger partial charge in [0.2, 0.25) is 0 Å². The molecule has 54 valence electrons. The van der Waals surface area contributed by atoms with Crippen LogP contribution in [0.4, 0.5) is 5.00 Å². The molecule has 0 aliphatic heterocycles. The van der Waals surface area contributed by atoms with Crippen LogP contribution in [0.5, 0.6) is 0 Å². The number of hydrogen-bond acceptors (Lipinski definition) is 4. The van der Waals surface area contributed by atoms with E-state index in [9.17, 15) is 0 Å². The highest BCUT2D eigenvalue weighted by Gasteiger charge is 2.03. The molecule has 0 spiro atoms. The summed E-state index contributed by atoms with van der Waals surface area (Å²) < 4.78 is 1.14. The lowest BCUT2D eigenvalue weighted by Crippen LogP contribution is -1.73. The molecule has 2 heterocycles. The van der Waals surface area contributed by atoms with Crippen molar-refractivity contribution in [2.24, 2.45) is 0 Å². The van der Waals surface area contributed by atoms with Crippen molar-refractivity contribution in [1.29, 1.82) is 5.26 Å².